The fourth-order valence-electron chi connectivity index (χ4n) is 1.40. The highest BCUT2D eigenvalue weighted by atomic mass is 19.4. The van der Waals surface area contributed by atoms with Gasteiger partial charge in [-0.2, -0.15) is 18.4 Å². The summed E-state index contributed by atoms with van der Waals surface area (Å²) in [4.78, 5) is 16.7. The first-order valence-corrected chi connectivity index (χ1v) is 5.48. The van der Waals surface area contributed by atoms with Crippen molar-refractivity contribution in [1.29, 1.82) is 5.26 Å². The van der Waals surface area contributed by atoms with Crippen LogP contribution >= 0.6 is 0 Å². The SMILES string of the molecule is CC(C)N(CC#N)C(=O)c1ccc(C(F)(F)F)cn1. The van der Waals surface area contributed by atoms with Crippen LogP contribution in [0.25, 0.3) is 0 Å². The number of nitriles is 1. The Hall–Kier alpha value is -2.10. The average Bonchev–Trinajstić information content (AvgIpc) is 2.34. The molecule has 0 aromatic carbocycles. The Balaban J connectivity index is 2.98. The summed E-state index contributed by atoms with van der Waals surface area (Å²) >= 11 is 0. The van der Waals surface area contributed by atoms with Gasteiger partial charge in [0.1, 0.15) is 12.2 Å². The summed E-state index contributed by atoms with van der Waals surface area (Å²) in [5, 5.41) is 8.62. The Labute approximate surface area is 108 Å². The van der Waals surface area contributed by atoms with E-state index >= 15 is 0 Å². The molecule has 1 aromatic rings. The lowest BCUT2D eigenvalue weighted by atomic mass is 10.2. The minimum atomic E-state index is -4.49. The van der Waals surface area contributed by atoms with Gasteiger partial charge in [-0.3, -0.25) is 9.78 Å². The van der Waals surface area contributed by atoms with Crippen LogP contribution in [0.4, 0.5) is 13.2 Å². The first-order valence-electron chi connectivity index (χ1n) is 5.48. The lowest BCUT2D eigenvalue weighted by Gasteiger charge is -2.23. The predicted molar refractivity (Wildman–Crippen MR) is 61.0 cm³/mol. The Morgan fingerprint density at radius 2 is 2.11 bits per heavy atom. The van der Waals surface area contributed by atoms with Gasteiger partial charge in [0.15, 0.2) is 0 Å². The highest BCUT2D eigenvalue weighted by Gasteiger charge is 2.31. The van der Waals surface area contributed by atoms with Crippen molar-refractivity contribution in [3.05, 3.63) is 29.6 Å². The van der Waals surface area contributed by atoms with E-state index in [0.717, 1.165) is 12.1 Å². The Morgan fingerprint density at radius 3 is 2.47 bits per heavy atom. The van der Waals surface area contributed by atoms with Crippen LogP contribution in [0, 0.1) is 11.3 Å². The van der Waals surface area contributed by atoms with Gasteiger partial charge in [0, 0.05) is 12.2 Å². The molecule has 0 saturated carbocycles. The number of alkyl halides is 3. The lowest BCUT2D eigenvalue weighted by molar-refractivity contribution is -0.137. The van der Waals surface area contributed by atoms with Gasteiger partial charge in [-0.05, 0) is 26.0 Å². The number of rotatable bonds is 3. The second kappa shape index (κ2) is 5.69. The molecule has 1 aromatic heterocycles. The van der Waals surface area contributed by atoms with Crippen LogP contribution in [0.3, 0.4) is 0 Å². The molecular formula is C12H12F3N3O. The van der Waals surface area contributed by atoms with Crippen LogP contribution in [-0.4, -0.2) is 28.4 Å². The molecular weight excluding hydrogens is 259 g/mol. The van der Waals surface area contributed by atoms with Gasteiger partial charge in [-0.15, -0.1) is 0 Å². The second-order valence-electron chi connectivity index (χ2n) is 4.11. The third-order valence-corrected chi connectivity index (χ3v) is 2.44. The molecule has 0 atom stereocenters. The van der Waals surface area contributed by atoms with Crippen molar-refractivity contribution in [3.8, 4) is 6.07 Å². The molecule has 0 aliphatic heterocycles. The summed E-state index contributed by atoms with van der Waals surface area (Å²) in [7, 11) is 0. The van der Waals surface area contributed by atoms with Crippen molar-refractivity contribution >= 4 is 5.91 Å². The molecule has 102 valence electrons. The van der Waals surface area contributed by atoms with Gasteiger partial charge in [0.05, 0.1) is 11.6 Å². The van der Waals surface area contributed by atoms with Crippen LogP contribution in [-0.2, 0) is 6.18 Å². The maximum atomic E-state index is 12.3. The van der Waals surface area contributed by atoms with Gasteiger partial charge in [0.2, 0.25) is 0 Å². The number of hydrogen-bond donors (Lipinski definition) is 0. The molecule has 0 saturated heterocycles. The third kappa shape index (κ3) is 3.68. The maximum Gasteiger partial charge on any atom is 0.417 e. The van der Waals surface area contributed by atoms with Crippen molar-refractivity contribution in [2.45, 2.75) is 26.1 Å². The van der Waals surface area contributed by atoms with Gasteiger partial charge < -0.3 is 4.90 Å². The van der Waals surface area contributed by atoms with Crippen LogP contribution in [0.2, 0.25) is 0 Å². The average molecular weight is 271 g/mol. The van der Waals surface area contributed by atoms with E-state index in [-0.39, 0.29) is 18.3 Å². The van der Waals surface area contributed by atoms with Crippen molar-refractivity contribution in [2.24, 2.45) is 0 Å². The summed E-state index contributed by atoms with van der Waals surface area (Å²) < 4.78 is 37.0. The molecule has 0 aliphatic rings. The van der Waals surface area contributed by atoms with E-state index in [1.54, 1.807) is 13.8 Å². The molecule has 19 heavy (non-hydrogen) atoms. The van der Waals surface area contributed by atoms with Crippen LogP contribution in [0.1, 0.15) is 29.9 Å². The van der Waals surface area contributed by atoms with Gasteiger partial charge >= 0.3 is 6.18 Å². The summed E-state index contributed by atoms with van der Waals surface area (Å²) in [6.07, 6.45) is -3.88. The predicted octanol–water partition coefficient (Wildman–Crippen LogP) is 2.47. The fourth-order valence-corrected chi connectivity index (χ4v) is 1.40. The zero-order valence-electron chi connectivity index (χ0n) is 10.4. The molecule has 0 aliphatic carbocycles. The molecule has 0 bridgehead atoms. The number of amides is 1. The van der Waals surface area contributed by atoms with Gasteiger partial charge in [-0.25, -0.2) is 0 Å². The number of nitrogens with zero attached hydrogens (tertiary/aromatic N) is 3. The molecule has 0 N–H and O–H groups in total. The molecule has 0 radical (unpaired) electrons. The first-order chi connectivity index (χ1) is 8.77. The van der Waals surface area contributed by atoms with Crippen molar-refractivity contribution < 1.29 is 18.0 Å². The number of hydrogen-bond acceptors (Lipinski definition) is 3. The lowest BCUT2D eigenvalue weighted by Crippen LogP contribution is -2.37. The summed E-state index contributed by atoms with van der Waals surface area (Å²) in [5.41, 5.74) is -1.03. The smallest absolute Gasteiger partial charge is 0.322 e. The van der Waals surface area contributed by atoms with Crippen molar-refractivity contribution in [1.82, 2.24) is 9.88 Å². The molecule has 7 heteroatoms. The quantitative estimate of drug-likeness (QED) is 0.793. The summed E-state index contributed by atoms with van der Waals surface area (Å²) in [6.45, 7) is 3.28. The number of pyridine rings is 1. The summed E-state index contributed by atoms with van der Waals surface area (Å²) in [5.74, 6) is -0.565. The molecule has 0 unspecified atom stereocenters. The van der Waals surface area contributed by atoms with E-state index < -0.39 is 17.6 Å². The first kappa shape index (κ1) is 15.0. The standard InChI is InChI=1S/C12H12F3N3O/c1-8(2)18(6-5-16)11(19)10-4-3-9(7-17-10)12(13,14)15/h3-4,7-8H,6H2,1-2H3. The van der Waals surface area contributed by atoms with Gasteiger partial charge in [-0.1, -0.05) is 0 Å². The Morgan fingerprint density at radius 1 is 1.47 bits per heavy atom. The minimum Gasteiger partial charge on any atom is -0.322 e. The Bertz CT molecular complexity index is 488. The van der Waals surface area contributed by atoms with E-state index in [2.05, 4.69) is 4.98 Å². The normalized spacial score (nSPS) is 11.2. The number of carbonyl (C=O) groups excluding carboxylic acids is 1. The van der Waals surface area contributed by atoms with E-state index in [1.165, 1.54) is 4.90 Å². The topological polar surface area (TPSA) is 57.0 Å². The molecule has 1 amide bonds. The number of aromatic nitrogens is 1. The number of halogens is 3. The molecule has 1 heterocycles. The van der Waals surface area contributed by atoms with E-state index in [9.17, 15) is 18.0 Å². The fraction of sp³-hybridized carbons (Fsp3) is 0.417. The van der Waals surface area contributed by atoms with Crippen molar-refractivity contribution in [3.63, 3.8) is 0 Å². The minimum absolute atomic E-state index is 0.114. The van der Waals surface area contributed by atoms with Crippen LogP contribution in [0.15, 0.2) is 18.3 Å². The molecule has 4 nitrogen and oxygen atoms in total. The largest absolute Gasteiger partial charge is 0.417 e. The van der Waals surface area contributed by atoms with Crippen molar-refractivity contribution in [2.75, 3.05) is 6.54 Å². The summed E-state index contributed by atoms with van der Waals surface area (Å²) in [6, 6.07) is 3.40. The molecule has 0 fully saturated rings. The monoisotopic (exact) mass is 271 g/mol. The third-order valence-electron chi connectivity index (χ3n) is 2.44. The molecule has 0 spiro atoms. The van der Waals surface area contributed by atoms with Crippen LogP contribution in [0.5, 0.6) is 0 Å². The Kier molecular flexibility index (Phi) is 4.48. The van der Waals surface area contributed by atoms with E-state index in [4.69, 9.17) is 5.26 Å². The van der Waals surface area contributed by atoms with Gasteiger partial charge in [0.25, 0.3) is 5.91 Å². The zero-order chi connectivity index (χ0) is 14.6. The van der Waals surface area contributed by atoms with Crippen LogP contribution < -0.4 is 0 Å². The number of carbonyl (C=O) groups is 1. The van der Waals surface area contributed by atoms with E-state index in [0.29, 0.717) is 6.20 Å². The van der Waals surface area contributed by atoms with E-state index in [1.807, 2.05) is 6.07 Å². The maximum absolute atomic E-state index is 12.3. The zero-order valence-corrected chi connectivity index (χ0v) is 10.4. The highest BCUT2D eigenvalue weighted by molar-refractivity contribution is 5.92. The highest BCUT2D eigenvalue weighted by Crippen LogP contribution is 2.28. The second-order valence-corrected chi connectivity index (χ2v) is 4.11. The molecule has 1 rings (SSSR count).